The lowest BCUT2D eigenvalue weighted by Crippen LogP contribution is -2.04. The van der Waals surface area contributed by atoms with Crippen molar-refractivity contribution in [3.05, 3.63) is 15.9 Å². The van der Waals surface area contributed by atoms with Gasteiger partial charge in [-0.15, -0.1) is 22.9 Å². The summed E-state index contributed by atoms with van der Waals surface area (Å²) in [7, 11) is -3.08. The summed E-state index contributed by atoms with van der Waals surface area (Å²) in [5.74, 6) is 0.705. The van der Waals surface area contributed by atoms with Gasteiger partial charge in [-0.05, 0) is 40.9 Å². The molecule has 0 aliphatic carbocycles. The maximum absolute atomic E-state index is 11.7. The number of hydrogen-bond acceptors (Lipinski definition) is 3. The van der Waals surface area contributed by atoms with Crippen molar-refractivity contribution in [3.63, 3.8) is 0 Å². The Labute approximate surface area is 101 Å². The van der Waals surface area contributed by atoms with Crippen LogP contribution in [0.25, 0.3) is 0 Å². The van der Waals surface area contributed by atoms with E-state index in [2.05, 4.69) is 15.9 Å². The van der Waals surface area contributed by atoms with Crippen molar-refractivity contribution in [2.75, 3.05) is 11.6 Å². The molecule has 0 aliphatic rings. The zero-order chi connectivity index (χ0) is 10.6. The predicted octanol–water partition coefficient (Wildman–Crippen LogP) is 3.30. The zero-order valence-corrected chi connectivity index (χ0v) is 11.3. The van der Waals surface area contributed by atoms with Crippen LogP contribution in [0.5, 0.6) is 0 Å². The quantitative estimate of drug-likeness (QED) is 0.617. The van der Waals surface area contributed by atoms with Crippen LogP contribution in [-0.4, -0.2) is 20.1 Å². The fraction of sp³-hybridized carbons (Fsp3) is 0.500. The van der Waals surface area contributed by atoms with E-state index >= 15 is 0 Å². The average molecular weight is 318 g/mol. The van der Waals surface area contributed by atoms with Crippen molar-refractivity contribution in [1.82, 2.24) is 0 Å². The number of unbranched alkanes of at least 4 members (excludes halogenated alkanes) is 1. The highest BCUT2D eigenvalue weighted by molar-refractivity contribution is 9.11. The molecule has 1 aromatic heterocycles. The SMILES string of the molecule is O=S(=O)(CCCCCl)c1ccc(Br)s1. The van der Waals surface area contributed by atoms with Crippen LogP contribution in [-0.2, 0) is 9.84 Å². The Bertz CT molecular complexity index is 386. The third-order valence-corrected chi connectivity index (χ3v) is 5.92. The lowest BCUT2D eigenvalue weighted by molar-refractivity contribution is 0.595. The first kappa shape index (κ1) is 12.5. The second kappa shape index (κ2) is 5.49. The number of rotatable bonds is 5. The Kier molecular flexibility index (Phi) is 4.90. The van der Waals surface area contributed by atoms with Crippen LogP contribution in [0.3, 0.4) is 0 Å². The van der Waals surface area contributed by atoms with Gasteiger partial charge in [0.2, 0.25) is 0 Å². The van der Waals surface area contributed by atoms with E-state index in [4.69, 9.17) is 11.6 Å². The maximum Gasteiger partial charge on any atom is 0.187 e. The molecule has 0 saturated carbocycles. The first-order chi connectivity index (χ1) is 6.56. The molecular formula is C8H10BrClO2S2. The smallest absolute Gasteiger partial charge is 0.187 e. The summed E-state index contributed by atoms with van der Waals surface area (Å²) in [6.07, 6.45) is 1.37. The molecule has 80 valence electrons. The Morgan fingerprint density at radius 2 is 2.07 bits per heavy atom. The van der Waals surface area contributed by atoms with Crippen molar-refractivity contribution < 1.29 is 8.42 Å². The van der Waals surface area contributed by atoms with Gasteiger partial charge >= 0.3 is 0 Å². The molecular weight excluding hydrogens is 308 g/mol. The predicted molar refractivity (Wildman–Crippen MR) is 64.0 cm³/mol. The van der Waals surface area contributed by atoms with Gasteiger partial charge < -0.3 is 0 Å². The molecule has 0 amide bonds. The summed E-state index contributed by atoms with van der Waals surface area (Å²) in [6.45, 7) is 0. The van der Waals surface area contributed by atoms with Crippen LogP contribution in [0.4, 0.5) is 0 Å². The first-order valence-corrected chi connectivity index (χ1v) is 7.90. The number of hydrogen-bond donors (Lipinski definition) is 0. The van der Waals surface area contributed by atoms with Crippen molar-refractivity contribution >= 4 is 48.7 Å². The summed E-state index contributed by atoms with van der Waals surface area (Å²) < 4.78 is 24.6. The molecule has 0 radical (unpaired) electrons. The van der Waals surface area contributed by atoms with E-state index in [0.717, 1.165) is 10.2 Å². The van der Waals surface area contributed by atoms with Gasteiger partial charge in [0.25, 0.3) is 0 Å². The normalized spacial score (nSPS) is 11.9. The van der Waals surface area contributed by atoms with Crippen LogP contribution in [0, 0.1) is 0 Å². The molecule has 2 nitrogen and oxygen atoms in total. The average Bonchev–Trinajstić information content (AvgIpc) is 2.53. The van der Waals surface area contributed by atoms with E-state index in [9.17, 15) is 8.42 Å². The minimum absolute atomic E-state index is 0.187. The summed E-state index contributed by atoms with van der Waals surface area (Å²) in [4.78, 5) is 0. The largest absolute Gasteiger partial charge is 0.223 e. The Morgan fingerprint density at radius 3 is 2.57 bits per heavy atom. The highest BCUT2D eigenvalue weighted by Gasteiger charge is 2.15. The minimum atomic E-state index is -3.08. The molecule has 0 spiro atoms. The van der Waals surface area contributed by atoms with Gasteiger partial charge in [0.1, 0.15) is 4.21 Å². The molecule has 0 saturated heterocycles. The fourth-order valence-electron chi connectivity index (χ4n) is 0.952. The third-order valence-electron chi connectivity index (χ3n) is 1.65. The van der Waals surface area contributed by atoms with E-state index in [1.807, 2.05) is 0 Å². The van der Waals surface area contributed by atoms with E-state index in [-0.39, 0.29) is 5.75 Å². The Balaban J connectivity index is 2.66. The van der Waals surface area contributed by atoms with Gasteiger partial charge in [-0.2, -0.15) is 0 Å². The summed E-state index contributed by atoms with van der Waals surface area (Å²) in [6, 6.07) is 3.38. The molecule has 0 aromatic carbocycles. The Hall–Kier alpha value is 0.420. The first-order valence-electron chi connectivity index (χ1n) is 4.10. The topological polar surface area (TPSA) is 34.1 Å². The minimum Gasteiger partial charge on any atom is -0.223 e. The van der Waals surface area contributed by atoms with Crippen LogP contribution < -0.4 is 0 Å². The third kappa shape index (κ3) is 3.53. The van der Waals surface area contributed by atoms with E-state index < -0.39 is 9.84 Å². The molecule has 0 aliphatic heterocycles. The van der Waals surface area contributed by atoms with Gasteiger partial charge in [0.05, 0.1) is 9.54 Å². The monoisotopic (exact) mass is 316 g/mol. The van der Waals surface area contributed by atoms with Crippen molar-refractivity contribution in [2.45, 2.75) is 17.1 Å². The molecule has 0 N–H and O–H groups in total. The maximum atomic E-state index is 11.7. The summed E-state index contributed by atoms with van der Waals surface area (Å²) in [5.41, 5.74) is 0. The molecule has 1 rings (SSSR count). The van der Waals surface area contributed by atoms with Crippen LogP contribution >= 0.6 is 38.9 Å². The van der Waals surface area contributed by atoms with Gasteiger partial charge in [0.15, 0.2) is 9.84 Å². The van der Waals surface area contributed by atoms with Crippen molar-refractivity contribution in [2.24, 2.45) is 0 Å². The summed E-state index contributed by atoms with van der Waals surface area (Å²) >= 11 is 9.97. The molecule has 0 bridgehead atoms. The molecule has 1 heterocycles. The number of halogens is 2. The van der Waals surface area contributed by atoms with Crippen molar-refractivity contribution in [3.8, 4) is 0 Å². The molecule has 14 heavy (non-hydrogen) atoms. The molecule has 1 aromatic rings. The highest BCUT2D eigenvalue weighted by atomic mass is 79.9. The Morgan fingerprint density at radius 1 is 1.36 bits per heavy atom. The second-order valence-electron chi connectivity index (χ2n) is 2.77. The standard InChI is InChI=1S/C8H10BrClO2S2/c9-7-3-4-8(13-7)14(11,12)6-2-1-5-10/h3-4H,1-2,5-6H2. The number of sulfone groups is 1. The lowest BCUT2D eigenvalue weighted by Gasteiger charge is -1.99. The lowest BCUT2D eigenvalue weighted by atomic mass is 10.4. The second-order valence-corrected chi connectivity index (χ2v) is 7.95. The zero-order valence-electron chi connectivity index (χ0n) is 7.37. The van der Waals surface area contributed by atoms with Crippen LogP contribution in [0.1, 0.15) is 12.8 Å². The molecule has 6 heteroatoms. The highest BCUT2D eigenvalue weighted by Crippen LogP contribution is 2.27. The van der Waals surface area contributed by atoms with Crippen LogP contribution in [0.2, 0.25) is 0 Å². The van der Waals surface area contributed by atoms with Gasteiger partial charge in [-0.3, -0.25) is 0 Å². The van der Waals surface area contributed by atoms with Gasteiger partial charge in [0, 0.05) is 5.88 Å². The molecule has 0 unspecified atom stereocenters. The van der Waals surface area contributed by atoms with Crippen LogP contribution in [0.15, 0.2) is 20.1 Å². The van der Waals surface area contributed by atoms with Crippen molar-refractivity contribution in [1.29, 1.82) is 0 Å². The van der Waals surface area contributed by atoms with Gasteiger partial charge in [-0.1, -0.05) is 0 Å². The molecule has 0 fully saturated rings. The number of alkyl halides is 1. The van der Waals surface area contributed by atoms with E-state index in [0.29, 0.717) is 16.5 Å². The van der Waals surface area contributed by atoms with E-state index in [1.54, 1.807) is 12.1 Å². The molecule has 0 atom stereocenters. The van der Waals surface area contributed by atoms with E-state index in [1.165, 1.54) is 11.3 Å². The summed E-state index contributed by atoms with van der Waals surface area (Å²) in [5, 5.41) is 0. The number of thiophene rings is 1. The fourth-order valence-corrected chi connectivity index (χ4v) is 4.67. The van der Waals surface area contributed by atoms with Gasteiger partial charge in [-0.25, -0.2) is 8.42 Å².